The van der Waals surface area contributed by atoms with Gasteiger partial charge in [0.2, 0.25) is 0 Å². The van der Waals surface area contributed by atoms with Gasteiger partial charge in [0.25, 0.3) is 0 Å². The molecule has 0 saturated heterocycles. The quantitative estimate of drug-likeness (QED) is 0.223. The molecule has 0 aliphatic heterocycles. The molecule has 0 bridgehead atoms. The molecule has 2 aromatic carbocycles. The Balaban J connectivity index is 0.00000392. The lowest BCUT2D eigenvalue weighted by Crippen LogP contribution is -2.31. The molecule has 0 amide bonds. The molecule has 0 heterocycles. The van der Waals surface area contributed by atoms with Crippen molar-refractivity contribution in [1.29, 1.82) is 0 Å². The zero-order valence-corrected chi connectivity index (χ0v) is 19.1. The molecule has 0 aliphatic rings. The van der Waals surface area contributed by atoms with Crippen LogP contribution in [0.4, 0.5) is 0 Å². The van der Waals surface area contributed by atoms with Gasteiger partial charge in [-0.25, -0.2) is 4.99 Å². The van der Waals surface area contributed by atoms with Gasteiger partial charge in [-0.05, 0) is 41.8 Å². The summed E-state index contributed by atoms with van der Waals surface area (Å²) in [7, 11) is 3.23. The predicted octanol–water partition coefficient (Wildman–Crippen LogP) is 4.11. The summed E-state index contributed by atoms with van der Waals surface area (Å²) < 4.78 is 16.3. The van der Waals surface area contributed by atoms with Gasteiger partial charge in [-0.3, -0.25) is 0 Å². The van der Waals surface area contributed by atoms with Crippen LogP contribution in [0.1, 0.15) is 30.9 Å². The van der Waals surface area contributed by atoms with Crippen LogP contribution in [0.25, 0.3) is 0 Å². The van der Waals surface area contributed by atoms with Crippen LogP contribution in [0.15, 0.2) is 47.5 Å². The van der Waals surface area contributed by atoms with Crippen molar-refractivity contribution < 1.29 is 14.2 Å². The minimum absolute atomic E-state index is 0. The second-order valence-electron chi connectivity index (χ2n) is 6.09. The highest BCUT2D eigenvalue weighted by Crippen LogP contribution is 2.27. The van der Waals surface area contributed by atoms with Crippen LogP contribution >= 0.6 is 24.0 Å². The van der Waals surface area contributed by atoms with Crippen LogP contribution in [-0.2, 0) is 13.1 Å². The largest absolute Gasteiger partial charge is 0.494 e. The molecule has 3 N–H and O–H groups in total. The minimum Gasteiger partial charge on any atom is -0.494 e. The highest BCUT2D eigenvalue weighted by atomic mass is 127. The first-order chi connectivity index (χ1) is 13.2. The Bertz CT molecular complexity index is 753. The van der Waals surface area contributed by atoms with Crippen molar-refractivity contribution in [2.45, 2.75) is 32.9 Å². The van der Waals surface area contributed by atoms with Crippen molar-refractivity contribution in [2.75, 3.05) is 20.8 Å². The molecule has 0 atom stereocenters. The number of ether oxygens (including phenoxy) is 3. The Morgan fingerprint density at radius 2 is 1.82 bits per heavy atom. The van der Waals surface area contributed by atoms with E-state index in [0.717, 1.165) is 36.3 Å². The molecular weight excluding hydrogens is 469 g/mol. The van der Waals surface area contributed by atoms with Gasteiger partial charge in [-0.1, -0.05) is 31.5 Å². The van der Waals surface area contributed by atoms with Crippen LogP contribution in [0, 0.1) is 0 Å². The average Bonchev–Trinajstić information content (AvgIpc) is 2.71. The molecule has 2 rings (SSSR count). The van der Waals surface area contributed by atoms with Crippen molar-refractivity contribution in [3.63, 3.8) is 0 Å². The van der Waals surface area contributed by atoms with E-state index >= 15 is 0 Å². The van der Waals surface area contributed by atoms with Crippen molar-refractivity contribution >= 4 is 29.9 Å². The summed E-state index contributed by atoms with van der Waals surface area (Å²) in [5, 5.41) is 3.11. The third-order valence-corrected chi connectivity index (χ3v) is 4.02. The van der Waals surface area contributed by atoms with E-state index in [2.05, 4.69) is 17.2 Å². The van der Waals surface area contributed by atoms with Gasteiger partial charge in [0, 0.05) is 6.54 Å². The first-order valence-corrected chi connectivity index (χ1v) is 9.12. The first kappa shape index (κ1) is 23.9. The van der Waals surface area contributed by atoms with E-state index in [9.17, 15) is 0 Å². The fraction of sp³-hybridized carbons (Fsp3) is 0.381. The number of nitrogens with zero attached hydrogens (tertiary/aromatic N) is 1. The van der Waals surface area contributed by atoms with Crippen molar-refractivity contribution in [3.05, 3.63) is 53.6 Å². The summed E-state index contributed by atoms with van der Waals surface area (Å²) in [6.07, 6.45) is 2.17. The Labute approximate surface area is 184 Å². The number of nitrogens with one attached hydrogen (secondary N) is 1. The zero-order chi connectivity index (χ0) is 19.5. The van der Waals surface area contributed by atoms with E-state index in [1.807, 2.05) is 42.5 Å². The maximum Gasteiger partial charge on any atom is 0.189 e. The number of benzene rings is 2. The van der Waals surface area contributed by atoms with E-state index in [-0.39, 0.29) is 24.0 Å². The molecule has 0 spiro atoms. The van der Waals surface area contributed by atoms with Crippen molar-refractivity contribution in [1.82, 2.24) is 5.32 Å². The standard InChI is InChI=1S/C21H29N3O3.HI/c1-4-5-11-27-18-8-6-7-16(12-18)14-23-21(22)24-15-17-9-10-19(25-2)20(13-17)26-3;/h6-10,12-13H,4-5,11,14-15H2,1-3H3,(H3,22,23,24);1H. The van der Waals surface area contributed by atoms with E-state index in [4.69, 9.17) is 19.9 Å². The number of nitrogens with two attached hydrogens (primary N) is 1. The third kappa shape index (κ3) is 7.84. The second-order valence-corrected chi connectivity index (χ2v) is 6.09. The molecule has 2 aromatic rings. The van der Waals surface area contributed by atoms with Gasteiger partial charge in [0.05, 0.1) is 27.4 Å². The number of aliphatic imine (C=N–C) groups is 1. The number of methoxy groups -OCH3 is 2. The van der Waals surface area contributed by atoms with E-state index < -0.39 is 0 Å². The van der Waals surface area contributed by atoms with Crippen LogP contribution in [0.2, 0.25) is 0 Å². The molecule has 154 valence electrons. The van der Waals surface area contributed by atoms with E-state index in [1.54, 1.807) is 14.2 Å². The fourth-order valence-corrected chi connectivity index (χ4v) is 2.48. The molecule has 0 aliphatic carbocycles. The SMILES string of the molecule is CCCCOc1cccc(CN=C(N)NCc2ccc(OC)c(OC)c2)c1.I. The Morgan fingerprint density at radius 1 is 1.04 bits per heavy atom. The Kier molecular flexibility index (Phi) is 11.2. The molecule has 0 unspecified atom stereocenters. The van der Waals surface area contributed by atoms with E-state index in [0.29, 0.717) is 30.5 Å². The van der Waals surface area contributed by atoms with Crippen molar-refractivity contribution in [3.8, 4) is 17.2 Å². The maximum atomic E-state index is 5.98. The average molecular weight is 499 g/mol. The summed E-state index contributed by atoms with van der Waals surface area (Å²) in [4.78, 5) is 4.40. The lowest BCUT2D eigenvalue weighted by molar-refractivity contribution is 0.309. The Hall–Kier alpha value is -2.16. The number of halogens is 1. The van der Waals surface area contributed by atoms with Gasteiger partial charge in [-0.2, -0.15) is 0 Å². The van der Waals surface area contributed by atoms with Crippen LogP contribution in [0.5, 0.6) is 17.2 Å². The minimum atomic E-state index is 0. The molecular formula is C21H30IN3O3. The normalized spacial score (nSPS) is 10.8. The molecule has 28 heavy (non-hydrogen) atoms. The van der Waals surface area contributed by atoms with Crippen molar-refractivity contribution in [2.24, 2.45) is 10.7 Å². The molecule has 7 heteroatoms. The molecule has 0 saturated carbocycles. The molecule has 0 aromatic heterocycles. The van der Waals surface area contributed by atoms with Gasteiger partial charge in [0.15, 0.2) is 17.5 Å². The molecule has 0 radical (unpaired) electrons. The number of hydrogen-bond donors (Lipinski definition) is 2. The highest BCUT2D eigenvalue weighted by molar-refractivity contribution is 14.0. The van der Waals surface area contributed by atoms with Gasteiger partial charge >= 0.3 is 0 Å². The second kappa shape index (κ2) is 13.1. The van der Waals surface area contributed by atoms with Gasteiger partial charge in [-0.15, -0.1) is 24.0 Å². The number of rotatable bonds is 10. The first-order valence-electron chi connectivity index (χ1n) is 9.12. The third-order valence-electron chi connectivity index (χ3n) is 4.02. The fourth-order valence-electron chi connectivity index (χ4n) is 2.48. The van der Waals surface area contributed by atoms with Crippen LogP contribution < -0.4 is 25.3 Å². The highest BCUT2D eigenvalue weighted by Gasteiger charge is 2.04. The van der Waals surface area contributed by atoms with Gasteiger partial charge in [0.1, 0.15) is 5.75 Å². The summed E-state index contributed by atoms with van der Waals surface area (Å²) >= 11 is 0. The molecule has 6 nitrogen and oxygen atoms in total. The topological polar surface area (TPSA) is 78.1 Å². The smallest absolute Gasteiger partial charge is 0.189 e. The number of hydrogen-bond acceptors (Lipinski definition) is 4. The summed E-state index contributed by atoms with van der Waals surface area (Å²) in [5.74, 6) is 2.64. The monoisotopic (exact) mass is 499 g/mol. The summed E-state index contributed by atoms with van der Waals surface area (Å²) in [6.45, 7) is 3.93. The van der Waals surface area contributed by atoms with Crippen LogP contribution in [0.3, 0.4) is 0 Å². The van der Waals surface area contributed by atoms with Crippen LogP contribution in [-0.4, -0.2) is 26.8 Å². The van der Waals surface area contributed by atoms with E-state index in [1.165, 1.54) is 0 Å². The lowest BCUT2D eigenvalue weighted by atomic mass is 10.2. The lowest BCUT2D eigenvalue weighted by Gasteiger charge is -2.11. The summed E-state index contributed by atoms with van der Waals surface area (Å²) in [5.41, 5.74) is 8.06. The zero-order valence-electron chi connectivity index (χ0n) is 16.7. The van der Waals surface area contributed by atoms with Gasteiger partial charge < -0.3 is 25.3 Å². The maximum absolute atomic E-state index is 5.98. The molecule has 0 fully saturated rings. The predicted molar refractivity (Wildman–Crippen MR) is 124 cm³/mol. The number of unbranched alkanes of at least 4 members (excludes halogenated alkanes) is 1. The Morgan fingerprint density at radius 3 is 2.54 bits per heavy atom. The number of guanidine groups is 1. The summed E-state index contributed by atoms with van der Waals surface area (Å²) in [6, 6.07) is 13.7.